The number of rotatable bonds is 6. The van der Waals surface area contributed by atoms with Gasteiger partial charge in [0.25, 0.3) is 0 Å². The number of fused-ring (bicyclic) bond motifs is 1. The molecule has 0 aliphatic carbocycles. The van der Waals surface area contributed by atoms with Crippen LogP contribution in [0.5, 0.6) is 0 Å². The van der Waals surface area contributed by atoms with Crippen LogP contribution in [0.15, 0.2) is 27.4 Å². The van der Waals surface area contributed by atoms with Gasteiger partial charge < -0.3 is 4.42 Å². The fourth-order valence-electron chi connectivity index (χ4n) is 3.04. The van der Waals surface area contributed by atoms with Gasteiger partial charge in [-0.25, -0.2) is 4.79 Å². The third-order valence-electron chi connectivity index (χ3n) is 3.74. The smallest absolute Gasteiger partial charge is 0.336 e. The van der Waals surface area contributed by atoms with Gasteiger partial charge in [-0.15, -0.1) is 0 Å². The fourth-order valence-corrected chi connectivity index (χ4v) is 3.04. The van der Waals surface area contributed by atoms with Crippen molar-refractivity contribution in [3.8, 4) is 0 Å². The Morgan fingerprint density at radius 3 is 2.33 bits per heavy atom. The monoisotopic (exact) mass is 287 g/mol. The Kier molecular flexibility index (Phi) is 5.18. The first-order chi connectivity index (χ1) is 10.0. The van der Waals surface area contributed by atoms with Crippen molar-refractivity contribution in [2.75, 3.05) is 13.1 Å². The van der Waals surface area contributed by atoms with Gasteiger partial charge >= 0.3 is 5.63 Å². The Hall–Kier alpha value is -1.61. The molecule has 0 radical (unpaired) electrons. The summed E-state index contributed by atoms with van der Waals surface area (Å²) in [5, 5.41) is 1.09. The maximum Gasteiger partial charge on any atom is 0.336 e. The maximum atomic E-state index is 11.8. The Morgan fingerprint density at radius 2 is 1.71 bits per heavy atom. The predicted octanol–water partition coefficient (Wildman–Crippen LogP) is 4.03. The second-order valence-corrected chi connectivity index (χ2v) is 5.82. The molecule has 1 heterocycles. The molecular formula is C18H25NO2. The first-order valence-electron chi connectivity index (χ1n) is 7.81. The molecule has 3 heteroatoms. The van der Waals surface area contributed by atoms with E-state index in [0.29, 0.717) is 5.58 Å². The van der Waals surface area contributed by atoms with E-state index in [1.165, 1.54) is 5.56 Å². The highest BCUT2D eigenvalue weighted by Gasteiger charge is 2.12. The van der Waals surface area contributed by atoms with E-state index in [1.807, 2.05) is 13.0 Å². The summed E-state index contributed by atoms with van der Waals surface area (Å²) in [4.78, 5) is 14.2. The summed E-state index contributed by atoms with van der Waals surface area (Å²) in [6.07, 6.45) is 2.24. The molecule has 0 bridgehead atoms. The molecule has 1 aromatic carbocycles. The zero-order valence-electron chi connectivity index (χ0n) is 13.5. The Morgan fingerprint density at radius 1 is 1.05 bits per heavy atom. The summed E-state index contributed by atoms with van der Waals surface area (Å²) >= 11 is 0. The van der Waals surface area contributed by atoms with E-state index in [9.17, 15) is 4.79 Å². The summed E-state index contributed by atoms with van der Waals surface area (Å²) in [6, 6.07) is 5.76. The molecule has 0 atom stereocenters. The van der Waals surface area contributed by atoms with Crippen molar-refractivity contribution >= 4 is 11.0 Å². The first-order valence-corrected chi connectivity index (χ1v) is 7.81. The topological polar surface area (TPSA) is 33.5 Å². The lowest BCUT2D eigenvalue weighted by Gasteiger charge is -2.22. The van der Waals surface area contributed by atoms with Crippen LogP contribution in [0.2, 0.25) is 0 Å². The zero-order valence-corrected chi connectivity index (χ0v) is 13.5. The molecule has 114 valence electrons. The molecule has 3 nitrogen and oxygen atoms in total. The van der Waals surface area contributed by atoms with Crippen LogP contribution in [0.25, 0.3) is 11.0 Å². The summed E-state index contributed by atoms with van der Waals surface area (Å²) in [7, 11) is 0. The van der Waals surface area contributed by atoms with Crippen molar-refractivity contribution in [2.45, 2.75) is 47.1 Å². The largest absolute Gasteiger partial charge is 0.423 e. The molecule has 21 heavy (non-hydrogen) atoms. The van der Waals surface area contributed by atoms with Crippen LogP contribution >= 0.6 is 0 Å². The zero-order chi connectivity index (χ0) is 15.4. The fraction of sp³-hybridized carbons (Fsp3) is 0.500. The van der Waals surface area contributed by atoms with E-state index >= 15 is 0 Å². The Bertz CT molecular complexity index is 667. The van der Waals surface area contributed by atoms with E-state index in [2.05, 4.69) is 31.7 Å². The van der Waals surface area contributed by atoms with Gasteiger partial charge in [-0.2, -0.15) is 0 Å². The number of benzene rings is 1. The lowest BCUT2D eigenvalue weighted by Crippen LogP contribution is -2.25. The van der Waals surface area contributed by atoms with Crippen molar-refractivity contribution in [2.24, 2.45) is 0 Å². The van der Waals surface area contributed by atoms with Crippen LogP contribution in [0.3, 0.4) is 0 Å². The molecule has 1 aromatic heterocycles. The molecule has 2 aromatic rings. The Balaban J connectivity index is 2.49. The minimum Gasteiger partial charge on any atom is -0.423 e. The number of hydrogen-bond acceptors (Lipinski definition) is 3. The highest BCUT2D eigenvalue weighted by molar-refractivity contribution is 5.84. The average Bonchev–Trinajstić information content (AvgIpc) is 2.37. The molecule has 0 aliphatic heterocycles. The molecule has 0 spiro atoms. The molecule has 0 saturated carbocycles. The van der Waals surface area contributed by atoms with Crippen LogP contribution < -0.4 is 5.63 Å². The van der Waals surface area contributed by atoms with Gasteiger partial charge in [-0.1, -0.05) is 19.9 Å². The third kappa shape index (κ3) is 3.73. The molecule has 0 unspecified atom stereocenters. The quantitative estimate of drug-likeness (QED) is 0.752. The van der Waals surface area contributed by atoms with E-state index in [4.69, 9.17) is 4.42 Å². The minimum absolute atomic E-state index is 0.254. The molecule has 0 aliphatic rings. The van der Waals surface area contributed by atoms with Gasteiger partial charge in [-0.3, -0.25) is 4.90 Å². The van der Waals surface area contributed by atoms with Crippen molar-refractivity contribution in [3.63, 3.8) is 0 Å². The van der Waals surface area contributed by atoms with Crippen LogP contribution in [-0.2, 0) is 6.54 Å². The highest BCUT2D eigenvalue weighted by atomic mass is 16.4. The maximum absolute atomic E-state index is 11.8. The van der Waals surface area contributed by atoms with Crippen LogP contribution in [0.1, 0.15) is 43.4 Å². The van der Waals surface area contributed by atoms with Crippen molar-refractivity contribution in [1.29, 1.82) is 0 Å². The second-order valence-electron chi connectivity index (χ2n) is 5.82. The molecule has 0 saturated heterocycles. The minimum atomic E-state index is -0.254. The lowest BCUT2D eigenvalue weighted by molar-refractivity contribution is 0.267. The van der Waals surface area contributed by atoms with E-state index in [0.717, 1.165) is 49.0 Å². The molecule has 0 fully saturated rings. The summed E-state index contributed by atoms with van der Waals surface area (Å²) in [5.74, 6) is 0. The normalized spacial score (nSPS) is 11.5. The standard InChI is InChI=1S/C18H25NO2/c1-5-7-19(8-6-2)12-15-11-17(20)21-16-10-13(3)9-14(4)18(15)16/h9-11H,5-8,12H2,1-4H3. The van der Waals surface area contributed by atoms with Gasteiger partial charge in [0, 0.05) is 18.0 Å². The van der Waals surface area contributed by atoms with Crippen LogP contribution in [0.4, 0.5) is 0 Å². The number of nitrogens with zero attached hydrogens (tertiary/aromatic N) is 1. The predicted molar refractivity (Wildman–Crippen MR) is 87.8 cm³/mol. The molecule has 0 amide bonds. The van der Waals surface area contributed by atoms with Crippen LogP contribution in [0, 0.1) is 13.8 Å². The van der Waals surface area contributed by atoms with E-state index in [-0.39, 0.29) is 5.63 Å². The van der Waals surface area contributed by atoms with Gasteiger partial charge in [0.05, 0.1) is 0 Å². The SMILES string of the molecule is CCCN(CCC)Cc1cc(=O)oc2cc(C)cc(C)c12. The van der Waals surface area contributed by atoms with Gasteiger partial charge in [0.2, 0.25) is 0 Å². The molecular weight excluding hydrogens is 262 g/mol. The summed E-state index contributed by atoms with van der Waals surface area (Å²) in [6.45, 7) is 11.4. The van der Waals surface area contributed by atoms with E-state index < -0.39 is 0 Å². The lowest BCUT2D eigenvalue weighted by atomic mass is 10.0. The van der Waals surface area contributed by atoms with Crippen molar-refractivity contribution in [3.05, 3.63) is 45.3 Å². The highest BCUT2D eigenvalue weighted by Crippen LogP contribution is 2.24. The van der Waals surface area contributed by atoms with Gasteiger partial charge in [-0.05, 0) is 62.5 Å². The third-order valence-corrected chi connectivity index (χ3v) is 3.74. The van der Waals surface area contributed by atoms with Gasteiger partial charge in [0.1, 0.15) is 5.58 Å². The average molecular weight is 287 g/mol. The van der Waals surface area contributed by atoms with Gasteiger partial charge in [0.15, 0.2) is 0 Å². The number of aryl methyl sites for hydroxylation is 2. The Labute approximate surface area is 126 Å². The molecule has 0 N–H and O–H groups in total. The van der Waals surface area contributed by atoms with Crippen LogP contribution in [-0.4, -0.2) is 18.0 Å². The first kappa shape index (κ1) is 15.8. The summed E-state index contributed by atoms with van der Waals surface area (Å²) < 4.78 is 5.39. The van der Waals surface area contributed by atoms with Crippen molar-refractivity contribution < 1.29 is 4.42 Å². The number of hydrogen-bond donors (Lipinski definition) is 0. The van der Waals surface area contributed by atoms with E-state index in [1.54, 1.807) is 6.07 Å². The second kappa shape index (κ2) is 6.90. The van der Waals surface area contributed by atoms with Crippen molar-refractivity contribution in [1.82, 2.24) is 4.90 Å². The summed E-state index contributed by atoms with van der Waals surface area (Å²) in [5.41, 5.74) is 3.84. The molecule has 2 rings (SSSR count).